The highest BCUT2D eigenvalue weighted by molar-refractivity contribution is 7.89. The molecule has 0 aliphatic carbocycles. The minimum Gasteiger partial charge on any atom is -0.494 e. The number of carbonyl (C=O) groups is 1. The molecule has 1 aliphatic heterocycles. The number of nitrogens with one attached hydrogen (secondary N) is 1. The normalized spacial score (nSPS) is 16.8. The van der Waals surface area contributed by atoms with Crippen LogP contribution in [0.3, 0.4) is 0 Å². The van der Waals surface area contributed by atoms with Crippen LogP contribution in [0.4, 0.5) is 0 Å². The van der Waals surface area contributed by atoms with Gasteiger partial charge in [0, 0.05) is 31.1 Å². The number of rotatable bonds is 8. The molecule has 1 N–H and O–H groups in total. The highest BCUT2D eigenvalue weighted by Gasteiger charge is 2.36. The predicted molar refractivity (Wildman–Crippen MR) is 116 cm³/mol. The number of carbonyl (C=O) groups excluding carboxylic acids is 1. The van der Waals surface area contributed by atoms with E-state index in [1.54, 1.807) is 13.8 Å². The molecule has 3 rings (SSSR count). The molecule has 1 amide bonds. The van der Waals surface area contributed by atoms with E-state index in [9.17, 15) is 13.2 Å². The number of amides is 1. The van der Waals surface area contributed by atoms with Gasteiger partial charge in [-0.15, -0.1) is 0 Å². The van der Waals surface area contributed by atoms with Crippen molar-refractivity contribution in [2.24, 2.45) is 11.8 Å². The molecule has 31 heavy (non-hydrogen) atoms. The van der Waals surface area contributed by atoms with Crippen LogP contribution >= 0.6 is 0 Å². The van der Waals surface area contributed by atoms with Gasteiger partial charge in [0.25, 0.3) is 0 Å². The Labute approximate surface area is 184 Å². The van der Waals surface area contributed by atoms with E-state index in [1.807, 2.05) is 38.1 Å². The fourth-order valence-electron chi connectivity index (χ4n) is 4.09. The van der Waals surface area contributed by atoms with Crippen LogP contribution in [0, 0.1) is 25.7 Å². The third kappa shape index (κ3) is 5.10. The first kappa shape index (κ1) is 23.3. The molecule has 0 radical (unpaired) electrons. The number of hydrogen-bond donors (Lipinski definition) is 1. The Bertz CT molecular complexity index is 990. The van der Waals surface area contributed by atoms with Gasteiger partial charge in [-0.05, 0) is 45.6 Å². The lowest BCUT2D eigenvalue weighted by molar-refractivity contribution is -0.126. The molecule has 0 bridgehead atoms. The summed E-state index contributed by atoms with van der Waals surface area (Å²) in [5.41, 5.74) is 1.31. The summed E-state index contributed by atoms with van der Waals surface area (Å²) < 4.78 is 38.1. The van der Waals surface area contributed by atoms with Crippen LogP contribution in [0.2, 0.25) is 0 Å². The van der Waals surface area contributed by atoms with Gasteiger partial charge in [0.05, 0.1) is 6.61 Å². The molecule has 0 saturated carbocycles. The summed E-state index contributed by atoms with van der Waals surface area (Å²) in [4.78, 5) is 12.9. The number of hydrogen-bond acceptors (Lipinski definition) is 6. The topological polar surface area (TPSA) is 102 Å². The van der Waals surface area contributed by atoms with Crippen molar-refractivity contribution in [2.45, 2.75) is 52.0 Å². The van der Waals surface area contributed by atoms with Crippen LogP contribution in [0.5, 0.6) is 5.75 Å². The number of sulfonamides is 1. The van der Waals surface area contributed by atoms with Gasteiger partial charge >= 0.3 is 0 Å². The molecule has 1 aliphatic rings. The molecule has 1 fully saturated rings. The van der Waals surface area contributed by atoms with Crippen LogP contribution in [0.15, 0.2) is 33.7 Å². The number of benzene rings is 1. The third-order valence-corrected chi connectivity index (χ3v) is 8.05. The minimum atomic E-state index is -3.64. The molecule has 0 spiro atoms. The molecule has 1 aromatic heterocycles. The maximum Gasteiger partial charge on any atom is 0.248 e. The second kappa shape index (κ2) is 9.82. The first-order valence-corrected chi connectivity index (χ1v) is 12.1. The summed E-state index contributed by atoms with van der Waals surface area (Å²) in [7, 11) is -3.64. The highest BCUT2D eigenvalue weighted by atomic mass is 32.2. The van der Waals surface area contributed by atoms with Gasteiger partial charge in [0.1, 0.15) is 16.3 Å². The summed E-state index contributed by atoms with van der Waals surface area (Å²) in [6.45, 7) is 8.80. The zero-order valence-corrected chi connectivity index (χ0v) is 19.4. The van der Waals surface area contributed by atoms with Crippen LogP contribution in [-0.2, 0) is 21.4 Å². The van der Waals surface area contributed by atoms with Crippen molar-refractivity contribution in [1.82, 2.24) is 14.8 Å². The third-order valence-electron chi connectivity index (χ3n) is 5.91. The van der Waals surface area contributed by atoms with E-state index in [0.717, 1.165) is 11.3 Å². The SMILES string of the molecule is CCOc1ccccc1CNC(=O)C(C)C1CCN(S(=O)(=O)c2c(C)noc2C)CC1. The molecule has 1 atom stereocenters. The molecule has 9 heteroatoms. The fraction of sp³-hybridized carbons (Fsp3) is 0.545. The minimum absolute atomic E-state index is 0.0293. The van der Waals surface area contributed by atoms with Gasteiger partial charge in [-0.2, -0.15) is 4.31 Å². The number of aryl methyl sites for hydroxylation is 2. The largest absolute Gasteiger partial charge is 0.494 e. The molecule has 1 aromatic carbocycles. The fourth-order valence-corrected chi connectivity index (χ4v) is 5.85. The number of ether oxygens (including phenoxy) is 1. The van der Waals surface area contributed by atoms with Crippen molar-refractivity contribution < 1.29 is 22.5 Å². The van der Waals surface area contributed by atoms with Crippen molar-refractivity contribution in [1.29, 1.82) is 0 Å². The molecular weight excluding hydrogens is 418 g/mol. The Hall–Kier alpha value is -2.39. The summed E-state index contributed by atoms with van der Waals surface area (Å²) >= 11 is 0. The van der Waals surface area contributed by atoms with Crippen LogP contribution in [0.1, 0.15) is 43.7 Å². The average molecular weight is 450 g/mol. The second-order valence-corrected chi connectivity index (χ2v) is 9.82. The van der Waals surface area contributed by atoms with Gasteiger partial charge in [-0.25, -0.2) is 8.42 Å². The summed E-state index contributed by atoms with van der Waals surface area (Å²) in [6.07, 6.45) is 1.26. The van der Waals surface area contributed by atoms with Crippen LogP contribution in [0.25, 0.3) is 0 Å². The summed E-state index contributed by atoms with van der Waals surface area (Å²) in [5, 5.41) is 6.77. The number of aromatic nitrogens is 1. The zero-order chi connectivity index (χ0) is 22.6. The molecule has 8 nitrogen and oxygen atoms in total. The smallest absolute Gasteiger partial charge is 0.248 e. The van der Waals surface area contributed by atoms with E-state index in [1.165, 1.54) is 4.31 Å². The Morgan fingerprint density at radius 3 is 2.58 bits per heavy atom. The number of para-hydroxylation sites is 1. The van der Waals surface area contributed by atoms with Crippen molar-refractivity contribution in [3.8, 4) is 5.75 Å². The molecule has 1 saturated heterocycles. The Kier molecular flexibility index (Phi) is 7.38. The van der Waals surface area contributed by atoms with E-state index in [2.05, 4.69) is 10.5 Å². The van der Waals surface area contributed by atoms with Crippen LogP contribution in [-0.4, -0.2) is 43.5 Å². The van der Waals surface area contributed by atoms with Crippen molar-refractivity contribution >= 4 is 15.9 Å². The average Bonchev–Trinajstić information content (AvgIpc) is 3.11. The van der Waals surface area contributed by atoms with Crippen LogP contribution < -0.4 is 10.1 Å². The highest BCUT2D eigenvalue weighted by Crippen LogP contribution is 2.30. The van der Waals surface area contributed by atoms with E-state index in [-0.39, 0.29) is 22.6 Å². The molecular formula is C22H31N3O5S. The van der Waals surface area contributed by atoms with E-state index in [0.29, 0.717) is 50.5 Å². The van der Waals surface area contributed by atoms with Crippen molar-refractivity contribution in [3.05, 3.63) is 41.3 Å². The second-order valence-electron chi connectivity index (χ2n) is 7.94. The summed E-state index contributed by atoms with van der Waals surface area (Å²) in [5.74, 6) is 0.968. The van der Waals surface area contributed by atoms with E-state index < -0.39 is 10.0 Å². The lowest BCUT2D eigenvalue weighted by Crippen LogP contribution is -2.42. The van der Waals surface area contributed by atoms with E-state index in [4.69, 9.17) is 9.26 Å². The predicted octanol–water partition coefficient (Wildman–Crippen LogP) is 3.04. The quantitative estimate of drug-likeness (QED) is 0.665. The first-order valence-electron chi connectivity index (χ1n) is 10.7. The van der Waals surface area contributed by atoms with Gasteiger partial charge in [-0.1, -0.05) is 30.3 Å². The summed E-state index contributed by atoms with van der Waals surface area (Å²) in [6, 6.07) is 7.66. The zero-order valence-electron chi connectivity index (χ0n) is 18.6. The molecule has 2 aromatic rings. The van der Waals surface area contributed by atoms with E-state index >= 15 is 0 Å². The maximum atomic E-state index is 13.0. The number of piperidine rings is 1. The maximum absolute atomic E-state index is 13.0. The van der Waals surface area contributed by atoms with Gasteiger partial charge < -0.3 is 14.6 Å². The standard InChI is InChI=1S/C22H31N3O5S/c1-5-29-20-9-7-6-8-19(20)14-23-22(26)15(2)18-10-12-25(13-11-18)31(27,28)21-16(3)24-30-17(21)4/h6-9,15,18H,5,10-14H2,1-4H3,(H,23,26). The molecule has 1 unspecified atom stereocenters. The van der Waals surface area contributed by atoms with Crippen molar-refractivity contribution in [2.75, 3.05) is 19.7 Å². The first-order chi connectivity index (χ1) is 14.8. The van der Waals surface area contributed by atoms with Crippen molar-refractivity contribution in [3.63, 3.8) is 0 Å². The Morgan fingerprint density at radius 1 is 1.29 bits per heavy atom. The molecule has 2 heterocycles. The number of nitrogens with zero attached hydrogens (tertiary/aromatic N) is 2. The van der Waals surface area contributed by atoms with Gasteiger partial charge in [0.15, 0.2) is 5.76 Å². The lowest BCUT2D eigenvalue weighted by Gasteiger charge is -2.33. The molecule has 170 valence electrons. The Morgan fingerprint density at radius 2 is 1.97 bits per heavy atom. The van der Waals surface area contributed by atoms with Gasteiger partial charge in [-0.3, -0.25) is 4.79 Å². The Balaban J connectivity index is 1.56. The van der Waals surface area contributed by atoms with Gasteiger partial charge in [0.2, 0.25) is 15.9 Å². The monoisotopic (exact) mass is 449 g/mol. The lowest BCUT2D eigenvalue weighted by atomic mass is 9.85.